The molecule has 0 radical (unpaired) electrons. The molecule has 0 fully saturated rings. The summed E-state index contributed by atoms with van der Waals surface area (Å²) < 4.78 is 11.1. The summed E-state index contributed by atoms with van der Waals surface area (Å²) in [7, 11) is 1.63. The molecule has 5 nitrogen and oxygen atoms in total. The predicted molar refractivity (Wildman–Crippen MR) is 115 cm³/mol. The molecule has 0 aliphatic rings. The summed E-state index contributed by atoms with van der Waals surface area (Å²) in [5.41, 5.74) is 7.75. The standard InChI is InChI=1S/C20H26ClN3O2S/c1-25-19-13-16(5-8-18(19)26-12-2-10-22)14-24-20(27)23-11-9-15-3-6-17(21)7-4-15/h3-8,13H,2,9-12,14,22H2,1H3,(H2,23,24,27). The number of rotatable bonds is 10. The zero-order valence-corrected chi connectivity index (χ0v) is 17.0. The first-order valence-corrected chi connectivity index (χ1v) is 9.67. The number of halogens is 1. The highest BCUT2D eigenvalue weighted by atomic mass is 35.5. The number of thiocarbonyl (C=S) groups is 1. The van der Waals surface area contributed by atoms with E-state index in [9.17, 15) is 0 Å². The van der Waals surface area contributed by atoms with Crippen LogP contribution in [0, 0.1) is 0 Å². The molecule has 0 spiro atoms. The van der Waals surface area contributed by atoms with E-state index in [-0.39, 0.29) is 0 Å². The van der Waals surface area contributed by atoms with Gasteiger partial charge in [-0.1, -0.05) is 29.8 Å². The lowest BCUT2D eigenvalue weighted by Gasteiger charge is -2.14. The molecule has 0 aromatic heterocycles. The fourth-order valence-electron chi connectivity index (χ4n) is 2.42. The van der Waals surface area contributed by atoms with Crippen LogP contribution in [0.5, 0.6) is 11.5 Å². The summed E-state index contributed by atoms with van der Waals surface area (Å²) in [6.07, 6.45) is 1.68. The first kappa shape index (κ1) is 21.3. The Morgan fingerprint density at radius 1 is 1.07 bits per heavy atom. The molecule has 0 bridgehead atoms. The summed E-state index contributed by atoms with van der Waals surface area (Å²) in [6, 6.07) is 13.7. The van der Waals surface area contributed by atoms with Crippen molar-refractivity contribution < 1.29 is 9.47 Å². The van der Waals surface area contributed by atoms with E-state index in [4.69, 9.17) is 39.0 Å². The predicted octanol–water partition coefficient (Wildman–Crippen LogP) is 3.28. The van der Waals surface area contributed by atoms with Crippen molar-refractivity contribution in [3.8, 4) is 11.5 Å². The van der Waals surface area contributed by atoms with Crippen LogP contribution in [0.15, 0.2) is 42.5 Å². The molecule has 0 amide bonds. The van der Waals surface area contributed by atoms with Gasteiger partial charge < -0.3 is 25.8 Å². The molecule has 2 aromatic carbocycles. The first-order chi connectivity index (χ1) is 13.1. The molecular weight excluding hydrogens is 382 g/mol. The molecule has 7 heteroatoms. The van der Waals surface area contributed by atoms with Crippen molar-refractivity contribution in [2.24, 2.45) is 5.73 Å². The van der Waals surface area contributed by atoms with Crippen LogP contribution in [-0.4, -0.2) is 31.9 Å². The summed E-state index contributed by atoms with van der Waals surface area (Å²) in [5.74, 6) is 1.42. The summed E-state index contributed by atoms with van der Waals surface area (Å²) in [5, 5.41) is 7.78. The van der Waals surface area contributed by atoms with Crippen molar-refractivity contribution in [2.75, 3.05) is 26.8 Å². The molecule has 0 heterocycles. The largest absolute Gasteiger partial charge is 0.493 e. The quantitative estimate of drug-likeness (QED) is 0.415. The van der Waals surface area contributed by atoms with E-state index >= 15 is 0 Å². The van der Waals surface area contributed by atoms with Crippen molar-refractivity contribution in [1.29, 1.82) is 0 Å². The minimum atomic E-state index is 0.575. The van der Waals surface area contributed by atoms with Gasteiger partial charge in [0, 0.05) is 18.1 Å². The Labute approximate surface area is 171 Å². The third-order valence-electron chi connectivity index (χ3n) is 3.90. The third kappa shape index (κ3) is 7.62. The second-order valence-corrected chi connectivity index (χ2v) is 6.81. The molecule has 0 saturated heterocycles. The van der Waals surface area contributed by atoms with E-state index in [1.165, 1.54) is 5.56 Å². The average molecular weight is 408 g/mol. The molecule has 0 saturated carbocycles. The minimum absolute atomic E-state index is 0.575. The highest BCUT2D eigenvalue weighted by Crippen LogP contribution is 2.28. The smallest absolute Gasteiger partial charge is 0.166 e. The number of hydrogen-bond donors (Lipinski definition) is 3. The first-order valence-electron chi connectivity index (χ1n) is 8.88. The van der Waals surface area contributed by atoms with Gasteiger partial charge in [-0.15, -0.1) is 0 Å². The van der Waals surface area contributed by atoms with E-state index in [2.05, 4.69) is 10.6 Å². The topological polar surface area (TPSA) is 68.5 Å². The van der Waals surface area contributed by atoms with Crippen molar-refractivity contribution in [3.63, 3.8) is 0 Å². The lowest BCUT2D eigenvalue weighted by atomic mass is 10.1. The van der Waals surface area contributed by atoms with Gasteiger partial charge in [-0.25, -0.2) is 0 Å². The van der Waals surface area contributed by atoms with Crippen LogP contribution in [0.25, 0.3) is 0 Å². The van der Waals surface area contributed by atoms with Crippen LogP contribution < -0.4 is 25.8 Å². The highest BCUT2D eigenvalue weighted by molar-refractivity contribution is 7.80. The monoisotopic (exact) mass is 407 g/mol. The Morgan fingerprint density at radius 2 is 1.81 bits per heavy atom. The SMILES string of the molecule is COc1cc(CNC(=S)NCCc2ccc(Cl)cc2)ccc1OCCCN. The Kier molecular flexibility index (Phi) is 9.18. The molecule has 2 aromatic rings. The van der Waals surface area contributed by atoms with Gasteiger partial charge in [0.15, 0.2) is 16.6 Å². The summed E-state index contributed by atoms with van der Waals surface area (Å²) in [6.45, 7) is 2.54. The van der Waals surface area contributed by atoms with Crippen molar-refractivity contribution >= 4 is 28.9 Å². The fraction of sp³-hybridized carbons (Fsp3) is 0.350. The second-order valence-electron chi connectivity index (χ2n) is 5.96. The van der Waals surface area contributed by atoms with Crippen LogP contribution >= 0.6 is 23.8 Å². The van der Waals surface area contributed by atoms with E-state index in [1.807, 2.05) is 42.5 Å². The van der Waals surface area contributed by atoms with Gasteiger partial charge in [0.05, 0.1) is 13.7 Å². The Balaban J connectivity index is 1.76. The maximum Gasteiger partial charge on any atom is 0.166 e. The van der Waals surface area contributed by atoms with Crippen LogP contribution in [0.4, 0.5) is 0 Å². The van der Waals surface area contributed by atoms with Gasteiger partial charge in [-0.3, -0.25) is 0 Å². The van der Waals surface area contributed by atoms with Crippen LogP contribution in [0.3, 0.4) is 0 Å². The number of methoxy groups -OCH3 is 1. The van der Waals surface area contributed by atoms with Crippen molar-refractivity contribution in [1.82, 2.24) is 10.6 Å². The highest BCUT2D eigenvalue weighted by Gasteiger charge is 2.06. The Hall–Kier alpha value is -2.02. The minimum Gasteiger partial charge on any atom is -0.493 e. The summed E-state index contributed by atoms with van der Waals surface area (Å²) in [4.78, 5) is 0. The van der Waals surface area contributed by atoms with Crippen LogP contribution in [0.1, 0.15) is 17.5 Å². The maximum absolute atomic E-state index is 5.89. The summed E-state index contributed by atoms with van der Waals surface area (Å²) >= 11 is 11.2. The van der Waals surface area contributed by atoms with E-state index in [1.54, 1.807) is 7.11 Å². The molecule has 0 aliphatic heterocycles. The zero-order valence-electron chi connectivity index (χ0n) is 15.5. The maximum atomic E-state index is 5.89. The normalized spacial score (nSPS) is 10.3. The number of nitrogens with one attached hydrogen (secondary N) is 2. The lowest BCUT2D eigenvalue weighted by molar-refractivity contribution is 0.291. The number of benzene rings is 2. The van der Waals surface area contributed by atoms with Gasteiger partial charge in [-0.2, -0.15) is 0 Å². The van der Waals surface area contributed by atoms with Crippen LogP contribution in [-0.2, 0) is 13.0 Å². The molecule has 27 heavy (non-hydrogen) atoms. The molecule has 2 rings (SSSR count). The Morgan fingerprint density at radius 3 is 2.52 bits per heavy atom. The van der Waals surface area contributed by atoms with E-state index in [0.717, 1.165) is 35.7 Å². The number of ether oxygens (including phenoxy) is 2. The average Bonchev–Trinajstić information content (AvgIpc) is 2.68. The van der Waals surface area contributed by atoms with Gasteiger partial charge in [-0.05, 0) is 67.0 Å². The fourth-order valence-corrected chi connectivity index (χ4v) is 2.72. The van der Waals surface area contributed by atoms with Gasteiger partial charge in [0.2, 0.25) is 0 Å². The zero-order chi connectivity index (χ0) is 19.5. The van der Waals surface area contributed by atoms with Crippen molar-refractivity contribution in [2.45, 2.75) is 19.4 Å². The number of hydrogen-bond acceptors (Lipinski definition) is 4. The van der Waals surface area contributed by atoms with E-state index in [0.29, 0.717) is 30.6 Å². The van der Waals surface area contributed by atoms with Gasteiger partial charge in [0.1, 0.15) is 0 Å². The van der Waals surface area contributed by atoms with Crippen LogP contribution in [0.2, 0.25) is 5.02 Å². The molecular formula is C20H26ClN3O2S. The van der Waals surface area contributed by atoms with Crippen molar-refractivity contribution in [3.05, 3.63) is 58.6 Å². The molecule has 4 N–H and O–H groups in total. The van der Waals surface area contributed by atoms with Gasteiger partial charge >= 0.3 is 0 Å². The molecule has 146 valence electrons. The van der Waals surface area contributed by atoms with Gasteiger partial charge in [0.25, 0.3) is 0 Å². The van der Waals surface area contributed by atoms with E-state index < -0.39 is 0 Å². The molecule has 0 atom stereocenters. The number of nitrogens with two attached hydrogens (primary N) is 1. The third-order valence-corrected chi connectivity index (χ3v) is 4.44. The second kappa shape index (κ2) is 11.6. The Bertz CT molecular complexity index is 726. The molecule has 0 unspecified atom stereocenters. The lowest BCUT2D eigenvalue weighted by Crippen LogP contribution is -2.35. The molecule has 0 aliphatic carbocycles.